The van der Waals surface area contributed by atoms with Crippen LogP contribution in [0.5, 0.6) is 0 Å². The second-order valence-electron chi connectivity index (χ2n) is 5.85. The van der Waals surface area contributed by atoms with E-state index in [1.807, 2.05) is 31.2 Å². The van der Waals surface area contributed by atoms with Crippen LogP contribution in [0.25, 0.3) is 0 Å². The van der Waals surface area contributed by atoms with Crippen LogP contribution in [0.2, 0.25) is 15.1 Å². The van der Waals surface area contributed by atoms with Gasteiger partial charge in [-0.25, -0.2) is 0 Å². The van der Waals surface area contributed by atoms with Crippen LogP contribution in [0.4, 0.5) is 0 Å². The number of hydrogen-bond acceptors (Lipinski definition) is 2. The van der Waals surface area contributed by atoms with Crippen molar-refractivity contribution in [3.05, 3.63) is 68.2 Å². The molecule has 0 aliphatic heterocycles. The van der Waals surface area contributed by atoms with Gasteiger partial charge in [0.1, 0.15) is 0 Å². The first-order valence-electron chi connectivity index (χ1n) is 7.94. The van der Waals surface area contributed by atoms with Gasteiger partial charge in [0.2, 0.25) is 0 Å². The standard InChI is InChI=1S/C19H22Cl3NO/c1-13(24-2)9-16-5-3-15(11-18(16)21)12-23-8-7-14-4-6-17(20)19(22)10-14/h3-6,10-11,13,23H,7-9,12H2,1-2H3. The van der Waals surface area contributed by atoms with Crippen molar-refractivity contribution in [2.45, 2.75) is 32.4 Å². The third-order valence-electron chi connectivity index (χ3n) is 3.93. The fraction of sp³-hybridized carbons (Fsp3) is 0.368. The van der Waals surface area contributed by atoms with Gasteiger partial charge in [-0.1, -0.05) is 53.0 Å². The van der Waals surface area contributed by atoms with Gasteiger partial charge in [0.15, 0.2) is 0 Å². The van der Waals surface area contributed by atoms with Crippen molar-refractivity contribution >= 4 is 34.8 Å². The molecule has 0 heterocycles. The van der Waals surface area contributed by atoms with E-state index in [1.54, 1.807) is 7.11 Å². The van der Waals surface area contributed by atoms with Crippen molar-refractivity contribution < 1.29 is 4.74 Å². The summed E-state index contributed by atoms with van der Waals surface area (Å²) in [6, 6.07) is 11.9. The Morgan fingerprint density at radius 1 is 0.958 bits per heavy atom. The summed E-state index contributed by atoms with van der Waals surface area (Å²) < 4.78 is 5.29. The molecule has 1 unspecified atom stereocenters. The molecule has 0 spiro atoms. The molecular formula is C19H22Cl3NO. The van der Waals surface area contributed by atoms with E-state index in [4.69, 9.17) is 39.5 Å². The zero-order valence-electron chi connectivity index (χ0n) is 13.9. The van der Waals surface area contributed by atoms with Crippen molar-refractivity contribution in [2.75, 3.05) is 13.7 Å². The first-order valence-corrected chi connectivity index (χ1v) is 9.07. The van der Waals surface area contributed by atoms with Gasteiger partial charge in [0.25, 0.3) is 0 Å². The van der Waals surface area contributed by atoms with Crippen LogP contribution in [0, 0.1) is 0 Å². The average molecular weight is 387 g/mol. The van der Waals surface area contributed by atoms with E-state index in [1.165, 1.54) is 11.1 Å². The fourth-order valence-electron chi connectivity index (χ4n) is 2.42. The second-order valence-corrected chi connectivity index (χ2v) is 7.07. The Morgan fingerprint density at radius 3 is 2.33 bits per heavy atom. The molecule has 2 aromatic rings. The molecule has 2 nitrogen and oxygen atoms in total. The summed E-state index contributed by atoms with van der Waals surface area (Å²) in [4.78, 5) is 0. The summed E-state index contributed by atoms with van der Waals surface area (Å²) >= 11 is 18.3. The quantitative estimate of drug-likeness (QED) is 0.600. The van der Waals surface area contributed by atoms with Crippen LogP contribution in [-0.4, -0.2) is 19.8 Å². The minimum atomic E-state index is 0.165. The van der Waals surface area contributed by atoms with Crippen molar-refractivity contribution in [3.63, 3.8) is 0 Å². The van der Waals surface area contributed by atoms with Gasteiger partial charge < -0.3 is 10.1 Å². The molecule has 0 aliphatic carbocycles. The maximum atomic E-state index is 6.36. The van der Waals surface area contributed by atoms with E-state index < -0.39 is 0 Å². The maximum Gasteiger partial charge on any atom is 0.0595 e. The molecule has 2 rings (SSSR count). The third kappa shape index (κ3) is 5.94. The van der Waals surface area contributed by atoms with E-state index in [9.17, 15) is 0 Å². The van der Waals surface area contributed by atoms with Crippen LogP contribution >= 0.6 is 34.8 Å². The molecule has 2 aromatic carbocycles. The summed E-state index contributed by atoms with van der Waals surface area (Å²) in [7, 11) is 1.71. The summed E-state index contributed by atoms with van der Waals surface area (Å²) in [5.74, 6) is 0. The van der Waals surface area contributed by atoms with Crippen LogP contribution < -0.4 is 5.32 Å². The van der Waals surface area contributed by atoms with Gasteiger partial charge in [-0.05, 0) is 61.2 Å². The molecule has 130 valence electrons. The number of halogens is 3. The third-order valence-corrected chi connectivity index (χ3v) is 5.02. The molecule has 0 saturated heterocycles. The largest absolute Gasteiger partial charge is 0.381 e. The van der Waals surface area contributed by atoms with Crippen molar-refractivity contribution in [1.82, 2.24) is 5.32 Å². The van der Waals surface area contributed by atoms with E-state index >= 15 is 0 Å². The summed E-state index contributed by atoms with van der Waals surface area (Å²) in [6.07, 6.45) is 1.88. The lowest BCUT2D eigenvalue weighted by atomic mass is 10.1. The van der Waals surface area contributed by atoms with Crippen LogP contribution in [0.3, 0.4) is 0 Å². The molecule has 0 fully saturated rings. The molecule has 0 radical (unpaired) electrons. The Kier molecular flexibility index (Phi) is 7.86. The molecule has 24 heavy (non-hydrogen) atoms. The molecule has 0 aliphatic rings. The summed E-state index contributed by atoms with van der Waals surface area (Å²) in [6.45, 7) is 3.67. The Bertz CT molecular complexity index is 676. The normalized spacial score (nSPS) is 12.4. The zero-order valence-corrected chi connectivity index (χ0v) is 16.2. The smallest absolute Gasteiger partial charge is 0.0595 e. The van der Waals surface area contributed by atoms with Crippen molar-refractivity contribution in [2.24, 2.45) is 0 Å². The first-order chi connectivity index (χ1) is 11.5. The van der Waals surface area contributed by atoms with Crippen LogP contribution in [0.1, 0.15) is 23.6 Å². The number of nitrogens with one attached hydrogen (secondary N) is 1. The van der Waals surface area contributed by atoms with E-state index in [0.717, 1.165) is 36.5 Å². The lowest BCUT2D eigenvalue weighted by molar-refractivity contribution is 0.119. The lowest BCUT2D eigenvalue weighted by Gasteiger charge is -2.12. The average Bonchev–Trinajstić information content (AvgIpc) is 2.57. The van der Waals surface area contributed by atoms with Crippen molar-refractivity contribution in [3.8, 4) is 0 Å². The molecule has 0 amide bonds. The highest BCUT2D eigenvalue weighted by Crippen LogP contribution is 2.23. The van der Waals surface area contributed by atoms with Gasteiger partial charge in [0.05, 0.1) is 16.1 Å². The lowest BCUT2D eigenvalue weighted by Crippen LogP contribution is -2.17. The molecule has 0 saturated carbocycles. The Hall–Kier alpha value is -0.770. The highest BCUT2D eigenvalue weighted by Gasteiger charge is 2.07. The zero-order chi connectivity index (χ0) is 17.5. The second kappa shape index (κ2) is 9.65. The van der Waals surface area contributed by atoms with Gasteiger partial charge in [-0.3, -0.25) is 0 Å². The molecule has 0 bridgehead atoms. The highest BCUT2D eigenvalue weighted by atomic mass is 35.5. The van der Waals surface area contributed by atoms with Gasteiger partial charge >= 0.3 is 0 Å². The fourth-order valence-corrected chi connectivity index (χ4v) is 3.02. The van der Waals surface area contributed by atoms with Gasteiger partial charge in [-0.2, -0.15) is 0 Å². The number of rotatable bonds is 8. The molecular weight excluding hydrogens is 365 g/mol. The van der Waals surface area contributed by atoms with Gasteiger partial charge in [-0.15, -0.1) is 0 Å². The predicted molar refractivity (Wildman–Crippen MR) is 103 cm³/mol. The van der Waals surface area contributed by atoms with Crippen LogP contribution in [-0.2, 0) is 24.1 Å². The number of benzene rings is 2. The Labute approximate surface area is 159 Å². The number of ether oxygens (including phenoxy) is 1. The topological polar surface area (TPSA) is 21.3 Å². The maximum absolute atomic E-state index is 6.36. The minimum absolute atomic E-state index is 0.165. The van der Waals surface area contributed by atoms with E-state index in [0.29, 0.717) is 10.0 Å². The van der Waals surface area contributed by atoms with E-state index in [2.05, 4.69) is 17.4 Å². The summed E-state index contributed by atoms with van der Waals surface area (Å²) in [5, 5.41) is 5.41. The van der Waals surface area contributed by atoms with Gasteiger partial charge in [0, 0.05) is 18.7 Å². The number of methoxy groups -OCH3 is 1. The first kappa shape index (κ1) is 19.6. The molecule has 1 N–H and O–H groups in total. The van der Waals surface area contributed by atoms with Crippen LogP contribution in [0.15, 0.2) is 36.4 Å². The van der Waals surface area contributed by atoms with E-state index in [-0.39, 0.29) is 6.10 Å². The SMILES string of the molecule is COC(C)Cc1ccc(CNCCc2ccc(Cl)c(Cl)c2)cc1Cl. The summed E-state index contributed by atoms with van der Waals surface area (Å²) in [5.41, 5.74) is 3.45. The molecule has 5 heteroatoms. The Morgan fingerprint density at radius 2 is 1.67 bits per heavy atom. The molecule has 0 aromatic heterocycles. The highest BCUT2D eigenvalue weighted by molar-refractivity contribution is 6.42. The minimum Gasteiger partial charge on any atom is -0.381 e. The Balaban J connectivity index is 1.81. The van der Waals surface area contributed by atoms with Crippen molar-refractivity contribution in [1.29, 1.82) is 0 Å². The number of hydrogen-bond donors (Lipinski definition) is 1. The monoisotopic (exact) mass is 385 g/mol. The predicted octanol–water partition coefficient (Wildman–Crippen LogP) is 5.56. The molecule has 1 atom stereocenters.